The lowest BCUT2D eigenvalue weighted by Gasteiger charge is -2.15. The van der Waals surface area contributed by atoms with Gasteiger partial charge < -0.3 is 10.4 Å². The van der Waals surface area contributed by atoms with E-state index in [0.29, 0.717) is 12.0 Å². The van der Waals surface area contributed by atoms with Crippen LogP contribution in [0.15, 0.2) is 18.2 Å². The molecule has 0 heterocycles. The van der Waals surface area contributed by atoms with Crippen LogP contribution in [0.1, 0.15) is 35.7 Å². The summed E-state index contributed by atoms with van der Waals surface area (Å²) in [6.45, 7) is 3.47. The Hall–Kier alpha value is -1.91. The topological polar surface area (TPSA) is 66.4 Å². The molecule has 0 spiro atoms. The standard InChI is InChI=1S/C13H16FNO3/c1-3-11(7-12(16)17)15-13(18)9-4-8(2)5-10(14)6-9/h4-6,11H,3,7H2,1-2H3,(H,15,18)(H,16,17). The second-order valence-electron chi connectivity index (χ2n) is 4.19. The number of carboxylic acids is 1. The van der Waals surface area contributed by atoms with Crippen molar-refractivity contribution in [3.05, 3.63) is 35.1 Å². The van der Waals surface area contributed by atoms with E-state index < -0.39 is 23.7 Å². The van der Waals surface area contributed by atoms with Gasteiger partial charge in [0.25, 0.3) is 5.91 Å². The van der Waals surface area contributed by atoms with Gasteiger partial charge in [0.1, 0.15) is 5.82 Å². The van der Waals surface area contributed by atoms with Crippen LogP contribution in [0.5, 0.6) is 0 Å². The Labute approximate surface area is 105 Å². The zero-order chi connectivity index (χ0) is 13.7. The highest BCUT2D eigenvalue weighted by molar-refractivity contribution is 5.94. The third kappa shape index (κ3) is 4.16. The van der Waals surface area contributed by atoms with Crippen molar-refractivity contribution in [1.29, 1.82) is 0 Å². The van der Waals surface area contributed by atoms with Gasteiger partial charge >= 0.3 is 5.97 Å². The largest absolute Gasteiger partial charge is 0.481 e. The number of aryl methyl sites for hydroxylation is 1. The summed E-state index contributed by atoms with van der Waals surface area (Å²) in [5.74, 6) is -1.91. The molecule has 0 radical (unpaired) electrons. The van der Waals surface area contributed by atoms with Gasteiger partial charge in [-0.15, -0.1) is 0 Å². The second-order valence-corrected chi connectivity index (χ2v) is 4.19. The lowest BCUT2D eigenvalue weighted by Crippen LogP contribution is -2.36. The normalized spacial score (nSPS) is 11.9. The first-order valence-corrected chi connectivity index (χ1v) is 5.72. The van der Waals surface area contributed by atoms with E-state index in [1.54, 1.807) is 19.9 Å². The van der Waals surface area contributed by atoms with Crippen molar-refractivity contribution >= 4 is 11.9 Å². The molecule has 1 atom stereocenters. The summed E-state index contributed by atoms with van der Waals surface area (Å²) in [7, 11) is 0. The summed E-state index contributed by atoms with van der Waals surface area (Å²) in [6, 6.07) is 3.58. The van der Waals surface area contributed by atoms with Crippen LogP contribution in [0.25, 0.3) is 0 Å². The molecule has 1 aromatic carbocycles. The van der Waals surface area contributed by atoms with Gasteiger partial charge in [0.15, 0.2) is 0 Å². The van der Waals surface area contributed by atoms with E-state index in [2.05, 4.69) is 5.32 Å². The Morgan fingerprint density at radius 3 is 2.56 bits per heavy atom. The predicted octanol–water partition coefficient (Wildman–Crippen LogP) is 2.12. The summed E-state index contributed by atoms with van der Waals surface area (Å²) in [6.07, 6.45) is 0.364. The Balaban J connectivity index is 2.77. The molecular weight excluding hydrogens is 237 g/mol. The molecule has 0 fully saturated rings. The first kappa shape index (κ1) is 14.2. The summed E-state index contributed by atoms with van der Waals surface area (Å²) >= 11 is 0. The number of nitrogens with one attached hydrogen (secondary N) is 1. The minimum absolute atomic E-state index is 0.142. The van der Waals surface area contributed by atoms with Gasteiger partial charge in [-0.1, -0.05) is 6.92 Å². The van der Waals surface area contributed by atoms with Gasteiger partial charge in [-0.05, 0) is 37.1 Å². The summed E-state index contributed by atoms with van der Waals surface area (Å²) in [5.41, 5.74) is 0.850. The van der Waals surface area contributed by atoms with Crippen molar-refractivity contribution < 1.29 is 19.1 Å². The molecule has 5 heteroatoms. The van der Waals surface area contributed by atoms with Gasteiger partial charge in [0.05, 0.1) is 6.42 Å². The first-order valence-electron chi connectivity index (χ1n) is 5.72. The molecule has 2 N–H and O–H groups in total. The number of halogens is 1. The van der Waals surface area contributed by atoms with Crippen LogP contribution in [0.4, 0.5) is 4.39 Å². The third-order valence-corrected chi connectivity index (χ3v) is 2.55. The molecule has 18 heavy (non-hydrogen) atoms. The zero-order valence-electron chi connectivity index (χ0n) is 10.4. The van der Waals surface area contributed by atoms with Crippen LogP contribution >= 0.6 is 0 Å². The first-order chi connectivity index (χ1) is 8.42. The molecule has 1 unspecified atom stereocenters. The van der Waals surface area contributed by atoms with Gasteiger partial charge in [-0.25, -0.2) is 4.39 Å². The quantitative estimate of drug-likeness (QED) is 0.844. The lowest BCUT2D eigenvalue weighted by molar-refractivity contribution is -0.137. The maximum Gasteiger partial charge on any atom is 0.305 e. The van der Waals surface area contributed by atoms with E-state index in [-0.39, 0.29) is 12.0 Å². The maximum absolute atomic E-state index is 13.1. The molecule has 0 bridgehead atoms. The molecule has 0 aliphatic heterocycles. The molecule has 0 aromatic heterocycles. The van der Waals surface area contributed by atoms with Crippen molar-refractivity contribution in [2.75, 3.05) is 0 Å². The highest BCUT2D eigenvalue weighted by Crippen LogP contribution is 2.09. The van der Waals surface area contributed by atoms with Crippen molar-refractivity contribution in [3.8, 4) is 0 Å². The van der Waals surface area contributed by atoms with Gasteiger partial charge in [-0.2, -0.15) is 0 Å². The van der Waals surface area contributed by atoms with Crippen LogP contribution < -0.4 is 5.32 Å². The SMILES string of the molecule is CCC(CC(=O)O)NC(=O)c1cc(C)cc(F)c1. The highest BCUT2D eigenvalue weighted by atomic mass is 19.1. The number of amides is 1. The Morgan fingerprint density at radius 1 is 1.39 bits per heavy atom. The van der Waals surface area contributed by atoms with Crippen molar-refractivity contribution in [3.63, 3.8) is 0 Å². The Bertz CT molecular complexity index is 439. The minimum atomic E-state index is -0.974. The fourth-order valence-corrected chi connectivity index (χ4v) is 1.64. The molecule has 98 valence electrons. The van der Waals surface area contributed by atoms with Crippen LogP contribution in [0.2, 0.25) is 0 Å². The average Bonchev–Trinajstić information content (AvgIpc) is 2.26. The van der Waals surface area contributed by atoms with E-state index in [4.69, 9.17) is 5.11 Å². The van der Waals surface area contributed by atoms with E-state index >= 15 is 0 Å². The van der Waals surface area contributed by atoms with Crippen molar-refractivity contribution in [2.45, 2.75) is 32.7 Å². The fourth-order valence-electron chi connectivity index (χ4n) is 1.64. The van der Waals surface area contributed by atoms with E-state index in [9.17, 15) is 14.0 Å². The zero-order valence-corrected chi connectivity index (χ0v) is 10.4. The summed E-state index contributed by atoms with van der Waals surface area (Å²) in [4.78, 5) is 22.4. The van der Waals surface area contributed by atoms with Crippen molar-refractivity contribution in [2.24, 2.45) is 0 Å². The molecule has 0 saturated carbocycles. The number of carbonyl (C=O) groups excluding carboxylic acids is 1. The fraction of sp³-hybridized carbons (Fsp3) is 0.385. The minimum Gasteiger partial charge on any atom is -0.481 e. The molecule has 0 saturated heterocycles. The number of carboxylic acid groups (broad SMARTS) is 1. The smallest absolute Gasteiger partial charge is 0.305 e. The predicted molar refractivity (Wildman–Crippen MR) is 64.9 cm³/mol. The Morgan fingerprint density at radius 2 is 2.06 bits per heavy atom. The Kier molecular flexibility index (Phi) is 4.83. The van der Waals surface area contributed by atoms with Crippen LogP contribution in [0, 0.1) is 12.7 Å². The molecule has 1 amide bonds. The molecule has 0 aliphatic rings. The monoisotopic (exact) mass is 253 g/mol. The van der Waals surface area contributed by atoms with Crippen molar-refractivity contribution in [1.82, 2.24) is 5.32 Å². The molecule has 0 aliphatic carbocycles. The summed E-state index contributed by atoms with van der Waals surface area (Å²) in [5, 5.41) is 11.3. The number of aliphatic carboxylic acids is 1. The number of carbonyl (C=O) groups is 2. The van der Waals surface area contributed by atoms with Crippen LogP contribution in [-0.4, -0.2) is 23.0 Å². The van der Waals surface area contributed by atoms with Gasteiger partial charge in [0.2, 0.25) is 0 Å². The number of rotatable bonds is 5. The molecule has 1 rings (SSSR count). The maximum atomic E-state index is 13.1. The van der Waals surface area contributed by atoms with Crippen LogP contribution in [0.3, 0.4) is 0 Å². The van der Waals surface area contributed by atoms with Gasteiger partial charge in [-0.3, -0.25) is 9.59 Å². The molecule has 4 nitrogen and oxygen atoms in total. The van der Waals surface area contributed by atoms with Gasteiger partial charge in [0, 0.05) is 11.6 Å². The third-order valence-electron chi connectivity index (χ3n) is 2.55. The lowest BCUT2D eigenvalue weighted by atomic mass is 10.1. The van der Waals surface area contributed by atoms with E-state index in [1.165, 1.54) is 6.07 Å². The van der Waals surface area contributed by atoms with E-state index in [1.807, 2.05) is 0 Å². The van der Waals surface area contributed by atoms with Crippen LogP contribution in [-0.2, 0) is 4.79 Å². The molecular formula is C13H16FNO3. The van der Waals surface area contributed by atoms with E-state index in [0.717, 1.165) is 6.07 Å². The number of hydrogen-bond donors (Lipinski definition) is 2. The summed E-state index contributed by atoms with van der Waals surface area (Å²) < 4.78 is 13.1. The number of benzene rings is 1. The highest BCUT2D eigenvalue weighted by Gasteiger charge is 2.15. The average molecular weight is 253 g/mol. The molecule has 1 aromatic rings. The second kappa shape index (κ2) is 6.14. The number of hydrogen-bond acceptors (Lipinski definition) is 2.